The van der Waals surface area contributed by atoms with Crippen molar-refractivity contribution in [3.8, 4) is 0 Å². The Morgan fingerprint density at radius 3 is 2.85 bits per heavy atom. The Hall–Kier alpha value is -2.09. The SMILES string of the molecule is COC(CNC(=O)NCCCn1ccnc1)CC(=O)O. The highest BCUT2D eigenvalue weighted by atomic mass is 16.5. The fourth-order valence-corrected chi connectivity index (χ4v) is 1.59. The molecule has 0 aliphatic heterocycles. The van der Waals surface area contributed by atoms with Gasteiger partial charge >= 0.3 is 12.0 Å². The number of aliphatic carboxylic acids is 1. The lowest BCUT2D eigenvalue weighted by atomic mass is 10.2. The molecule has 1 atom stereocenters. The Labute approximate surface area is 117 Å². The molecule has 1 heterocycles. The first-order valence-corrected chi connectivity index (χ1v) is 6.34. The molecular formula is C12H20N4O4. The Morgan fingerprint density at radius 1 is 1.45 bits per heavy atom. The number of hydrogen-bond acceptors (Lipinski definition) is 4. The molecule has 0 radical (unpaired) electrons. The van der Waals surface area contributed by atoms with E-state index in [-0.39, 0.29) is 19.0 Å². The summed E-state index contributed by atoms with van der Waals surface area (Å²) >= 11 is 0. The van der Waals surface area contributed by atoms with Crippen LogP contribution in [-0.2, 0) is 16.1 Å². The molecule has 0 saturated heterocycles. The maximum Gasteiger partial charge on any atom is 0.314 e. The standard InChI is InChI=1S/C12H20N4O4/c1-20-10(7-11(17)18)8-15-12(19)14-3-2-5-16-6-4-13-9-16/h4,6,9-10H,2-3,5,7-8H2,1H3,(H,17,18)(H2,14,15,19). The van der Waals surface area contributed by atoms with Gasteiger partial charge < -0.3 is 25.0 Å². The van der Waals surface area contributed by atoms with Crippen LogP contribution >= 0.6 is 0 Å². The summed E-state index contributed by atoms with van der Waals surface area (Å²) in [6, 6.07) is -0.330. The van der Waals surface area contributed by atoms with Crippen molar-refractivity contribution in [2.24, 2.45) is 0 Å². The van der Waals surface area contributed by atoms with Gasteiger partial charge in [-0.05, 0) is 6.42 Å². The molecule has 0 fully saturated rings. The fraction of sp³-hybridized carbons (Fsp3) is 0.583. The number of aryl methyl sites for hydroxylation is 1. The maximum absolute atomic E-state index is 11.5. The molecule has 112 valence electrons. The zero-order valence-corrected chi connectivity index (χ0v) is 11.4. The van der Waals surface area contributed by atoms with Crippen molar-refractivity contribution in [1.29, 1.82) is 0 Å². The van der Waals surface area contributed by atoms with Gasteiger partial charge in [-0.15, -0.1) is 0 Å². The van der Waals surface area contributed by atoms with Gasteiger partial charge in [0, 0.05) is 39.1 Å². The van der Waals surface area contributed by atoms with E-state index in [9.17, 15) is 9.59 Å². The van der Waals surface area contributed by atoms with Crippen LogP contribution in [0, 0.1) is 0 Å². The maximum atomic E-state index is 11.5. The lowest BCUT2D eigenvalue weighted by molar-refractivity contribution is -0.139. The average Bonchev–Trinajstić information content (AvgIpc) is 2.92. The van der Waals surface area contributed by atoms with E-state index in [4.69, 9.17) is 9.84 Å². The highest BCUT2D eigenvalue weighted by Crippen LogP contribution is 1.95. The van der Waals surface area contributed by atoms with E-state index in [1.165, 1.54) is 7.11 Å². The van der Waals surface area contributed by atoms with E-state index in [1.807, 2.05) is 10.8 Å². The minimum absolute atomic E-state index is 0.141. The smallest absolute Gasteiger partial charge is 0.314 e. The summed E-state index contributed by atoms with van der Waals surface area (Å²) < 4.78 is 6.88. The second kappa shape index (κ2) is 8.92. The van der Waals surface area contributed by atoms with Gasteiger partial charge in [-0.25, -0.2) is 9.78 Å². The van der Waals surface area contributed by atoms with Crippen LogP contribution in [0.5, 0.6) is 0 Å². The normalized spacial score (nSPS) is 11.8. The largest absolute Gasteiger partial charge is 0.481 e. The summed E-state index contributed by atoms with van der Waals surface area (Å²) in [5.41, 5.74) is 0. The van der Waals surface area contributed by atoms with Gasteiger partial charge in [0.2, 0.25) is 0 Å². The second-order valence-electron chi connectivity index (χ2n) is 4.25. The Bertz CT molecular complexity index is 408. The van der Waals surface area contributed by atoms with Gasteiger partial charge in [0.25, 0.3) is 0 Å². The van der Waals surface area contributed by atoms with E-state index in [1.54, 1.807) is 12.5 Å². The number of carbonyl (C=O) groups excluding carboxylic acids is 1. The number of amides is 2. The van der Waals surface area contributed by atoms with Gasteiger partial charge in [0.05, 0.1) is 18.9 Å². The average molecular weight is 284 g/mol. The van der Waals surface area contributed by atoms with Crippen molar-refractivity contribution in [3.63, 3.8) is 0 Å². The van der Waals surface area contributed by atoms with Gasteiger partial charge in [0.1, 0.15) is 0 Å². The lowest BCUT2D eigenvalue weighted by Crippen LogP contribution is -2.41. The van der Waals surface area contributed by atoms with Crippen molar-refractivity contribution in [3.05, 3.63) is 18.7 Å². The summed E-state index contributed by atoms with van der Waals surface area (Å²) in [5.74, 6) is -0.959. The summed E-state index contributed by atoms with van der Waals surface area (Å²) in [6.07, 6.45) is 5.39. The van der Waals surface area contributed by atoms with Crippen molar-refractivity contribution >= 4 is 12.0 Å². The number of aromatic nitrogens is 2. The predicted octanol–water partition coefficient (Wildman–Crippen LogP) is 0.0621. The van der Waals surface area contributed by atoms with Crippen LogP contribution in [-0.4, -0.2) is 53.0 Å². The van der Waals surface area contributed by atoms with E-state index >= 15 is 0 Å². The van der Waals surface area contributed by atoms with Gasteiger partial charge in [-0.3, -0.25) is 4.79 Å². The Morgan fingerprint density at radius 2 is 2.25 bits per heavy atom. The van der Waals surface area contributed by atoms with Crippen LogP contribution in [0.3, 0.4) is 0 Å². The molecule has 8 nitrogen and oxygen atoms in total. The minimum atomic E-state index is -0.959. The molecule has 0 bridgehead atoms. The molecule has 0 aromatic carbocycles. The summed E-state index contributed by atoms with van der Waals surface area (Å²) in [6.45, 7) is 1.47. The molecular weight excluding hydrogens is 264 g/mol. The highest BCUT2D eigenvalue weighted by molar-refractivity contribution is 5.74. The Balaban J connectivity index is 2.08. The van der Waals surface area contributed by atoms with Crippen LogP contribution in [0.15, 0.2) is 18.7 Å². The van der Waals surface area contributed by atoms with Crippen LogP contribution in [0.4, 0.5) is 4.79 Å². The first kappa shape index (κ1) is 16.0. The minimum Gasteiger partial charge on any atom is -0.481 e. The number of carboxylic acid groups (broad SMARTS) is 1. The van der Waals surface area contributed by atoms with Crippen LogP contribution in [0.25, 0.3) is 0 Å². The molecule has 1 unspecified atom stereocenters. The number of carbonyl (C=O) groups is 2. The second-order valence-corrected chi connectivity index (χ2v) is 4.25. The van der Waals surface area contributed by atoms with E-state index in [0.29, 0.717) is 6.54 Å². The number of nitrogens with zero attached hydrogens (tertiary/aromatic N) is 2. The summed E-state index contributed by atoms with van der Waals surface area (Å²) in [4.78, 5) is 25.9. The van der Waals surface area contributed by atoms with E-state index in [0.717, 1.165) is 13.0 Å². The molecule has 1 aromatic heterocycles. The molecule has 2 amide bonds. The molecule has 0 saturated carbocycles. The molecule has 0 aliphatic carbocycles. The third-order valence-electron chi connectivity index (χ3n) is 2.66. The van der Waals surface area contributed by atoms with E-state index < -0.39 is 12.1 Å². The first-order valence-electron chi connectivity index (χ1n) is 6.34. The predicted molar refractivity (Wildman–Crippen MR) is 71.3 cm³/mol. The first-order chi connectivity index (χ1) is 9.61. The number of carboxylic acids is 1. The molecule has 0 aliphatic rings. The fourth-order valence-electron chi connectivity index (χ4n) is 1.59. The Kier molecular flexibility index (Phi) is 7.12. The number of urea groups is 1. The van der Waals surface area contributed by atoms with Crippen LogP contribution in [0.2, 0.25) is 0 Å². The number of methoxy groups -OCH3 is 1. The third-order valence-corrected chi connectivity index (χ3v) is 2.66. The molecule has 1 rings (SSSR count). The van der Waals surface area contributed by atoms with Crippen molar-refractivity contribution in [2.45, 2.75) is 25.5 Å². The number of nitrogens with one attached hydrogen (secondary N) is 2. The molecule has 1 aromatic rings. The zero-order valence-electron chi connectivity index (χ0n) is 11.4. The number of ether oxygens (including phenoxy) is 1. The number of hydrogen-bond donors (Lipinski definition) is 3. The number of rotatable bonds is 9. The van der Waals surface area contributed by atoms with Crippen molar-refractivity contribution in [1.82, 2.24) is 20.2 Å². The topological polar surface area (TPSA) is 105 Å². The van der Waals surface area contributed by atoms with Crippen LogP contribution < -0.4 is 10.6 Å². The highest BCUT2D eigenvalue weighted by Gasteiger charge is 2.13. The number of imidazole rings is 1. The molecule has 20 heavy (non-hydrogen) atoms. The quantitative estimate of drug-likeness (QED) is 0.556. The third kappa shape index (κ3) is 6.74. The van der Waals surface area contributed by atoms with Crippen molar-refractivity contribution < 1.29 is 19.4 Å². The van der Waals surface area contributed by atoms with Gasteiger partial charge in [0.15, 0.2) is 0 Å². The van der Waals surface area contributed by atoms with E-state index in [2.05, 4.69) is 15.6 Å². The monoisotopic (exact) mass is 284 g/mol. The summed E-state index contributed by atoms with van der Waals surface area (Å²) in [7, 11) is 1.41. The van der Waals surface area contributed by atoms with Crippen molar-refractivity contribution in [2.75, 3.05) is 20.2 Å². The molecule has 3 N–H and O–H groups in total. The van der Waals surface area contributed by atoms with Gasteiger partial charge in [-0.2, -0.15) is 0 Å². The lowest BCUT2D eigenvalue weighted by Gasteiger charge is -2.14. The summed E-state index contributed by atoms with van der Waals surface area (Å²) in [5, 5.41) is 13.9. The van der Waals surface area contributed by atoms with Gasteiger partial charge in [-0.1, -0.05) is 0 Å². The zero-order chi connectivity index (χ0) is 14.8. The van der Waals surface area contributed by atoms with Crippen LogP contribution in [0.1, 0.15) is 12.8 Å². The molecule has 0 spiro atoms. The molecule has 8 heteroatoms.